The average Bonchev–Trinajstić information content (AvgIpc) is 2.78. The third-order valence-electron chi connectivity index (χ3n) is 2.81. The second kappa shape index (κ2) is 5.62. The van der Waals surface area contributed by atoms with Crippen LogP contribution in [0.1, 0.15) is 18.7 Å². The number of likely N-dealkylation sites (N-methyl/N-ethyl adjacent to an activating group) is 1. The van der Waals surface area contributed by atoms with Gasteiger partial charge in [0, 0.05) is 4.88 Å². The molecule has 1 unspecified atom stereocenters. The molecule has 2 atom stereocenters. The number of carbonyl (C=O) groups is 1. The zero-order valence-electron chi connectivity index (χ0n) is 10.7. The lowest BCUT2D eigenvalue weighted by molar-refractivity contribution is -0.126. The van der Waals surface area contributed by atoms with Crippen LogP contribution in [0.4, 0.5) is 0 Å². The van der Waals surface area contributed by atoms with Crippen molar-refractivity contribution in [3.8, 4) is 0 Å². The minimum Gasteiger partial charge on any atom is -0.383 e. The summed E-state index contributed by atoms with van der Waals surface area (Å²) in [7, 11) is 3.70. The number of carbonyl (C=O) groups excluding carboxylic acids is 1. The smallest absolute Gasteiger partial charge is 0.237 e. The van der Waals surface area contributed by atoms with Gasteiger partial charge in [0.2, 0.25) is 5.91 Å². The predicted octanol–water partition coefficient (Wildman–Crippen LogP) is 1.02. The van der Waals surface area contributed by atoms with E-state index in [9.17, 15) is 9.90 Å². The van der Waals surface area contributed by atoms with Crippen molar-refractivity contribution in [1.82, 2.24) is 10.2 Å². The molecule has 0 aliphatic heterocycles. The van der Waals surface area contributed by atoms with Crippen molar-refractivity contribution < 1.29 is 9.90 Å². The molecule has 0 spiro atoms. The number of nitrogens with one attached hydrogen (secondary N) is 1. The molecule has 96 valence electrons. The number of hydrogen-bond donors (Lipinski definition) is 2. The molecule has 1 aromatic heterocycles. The second-order valence-electron chi connectivity index (χ2n) is 4.61. The van der Waals surface area contributed by atoms with E-state index >= 15 is 0 Å². The molecule has 0 saturated carbocycles. The zero-order chi connectivity index (χ0) is 13.1. The SMILES string of the molecule is C[C@@H](C(=O)NCC(C)(O)c1cccs1)N(C)C. The second-order valence-corrected chi connectivity index (χ2v) is 5.56. The Morgan fingerprint density at radius 3 is 2.76 bits per heavy atom. The van der Waals surface area contributed by atoms with Gasteiger partial charge in [-0.1, -0.05) is 6.07 Å². The molecule has 5 heteroatoms. The van der Waals surface area contributed by atoms with Gasteiger partial charge < -0.3 is 10.4 Å². The first kappa shape index (κ1) is 14.2. The van der Waals surface area contributed by atoms with Crippen molar-refractivity contribution in [3.63, 3.8) is 0 Å². The van der Waals surface area contributed by atoms with Crippen molar-refractivity contribution in [3.05, 3.63) is 22.4 Å². The summed E-state index contributed by atoms with van der Waals surface area (Å²) in [5.41, 5.74) is -1.00. The van der Waals surface area contributed by atoms with Crippen molar-refractivity contribution in [2.24, 2.45) is 0 Å². The number of aliphatic hydroxyl groups is 1. The van der Waals surface area contributed by atoms with Crippen molar-refractivity contribution in [2.45, 2.75) is 25.5 Å². The minimum atomic E-state index is -1.00. The Morgan fingerprint density at radius 2 is 2.29 bits per heavy atom. The van der Waals surface area contributed by atoms with Crippen LogP contribution in [-0.4, -0.2) is 42.6 Å². The maximum Gasteiger partial charge on any atom is 0.237 e. The lowest BCUT2D eigenvalue weighted by Crippen LogP contribution is -2.46. The van der Waals surface area contributed by atoms with Crippen LogP contribution in [-0.2, 0) is 10.4 Å². The Balaban J connectivity index is 2.53. The molecule has 0 bridgehead atoms. The molecule has 0 fully saturated rings. The van der Waals surface area contributed by atoms with Crippen LogP contribution in [0.2, 0.25) is 0 Å². The molecule has 0 aliphatic rings. The van der Waals surface area contributed by atoms with Gasteiger partial charge in [-0.25, -0.2) is 0 Å². The van der Waals surface area contributed by atoms with E-state index in [2.05, 4.69) is 5.32 Å². The van der Waals surface area contributed by atoms with Gasteiger partial charge in [-0.3, -0.25) is 9.69 Å². The molecule has 0 saturated heterocycles. The molecule has 0 aliphatic carbocycles. The lowest BCUT2D eigenvalue weighted by Gasteiger charge is -2.25. The topological polar surface area (TPSA) is 52.6 Å². The summed E-state index contributed by atoms with van der Waals surface area (Å²) < 4.78 is 0. The van der Waals surface area contributed by atoms with Gasteiger partial charge in [0.1, 0.15) is 5.60 Å². The molecule has 1 aromatic rings. The summed E-state index contributed by atoms with van der Waals surface area (Å²) in [6.45, 7) is 3.76. The Hall–Kier alpha value is -0.910. The van der Waals surface area contributed by atoms with E-state index < -0.39 is 5.60 Å². The molecule has 2 N–H and O–H groups in total. The summed E-state index contributed by atoms with van der Waals surface area (Å²) in [5, 5.41) is 14.9. The molecule has 4 nitrogen and oxygen atoms in total. The van der Waals surface area contributed by atoms with E-state index in [0.29, 0.717) is 0 Å². The largest absolute Gasteiger partial charge is 0.383 e. The van der Waals surface area contributed by atoms with Gasteiger partial charge in [-0.2, -0.15) is 0 Å². The van der Waals surface area contributed by atoms with Gasteiger partial charge in [-0.15, -0.1) is 11.3 Å². The molecular formula is C12H20N2O2S. The highest BCUT2D eigenvalue weighted by Gasteiger charge is 2.26. The summed E-state index contributed by atoms with van der Waals surface area (Å²) in [6.07, 6.45) is 0. The van der Waals surface area contributed by atoms with Gasteiger partial charge in [0.05, 0.1) is 12.6 Å². The van der Waals surface area contributed by atoms with E-state index in [1.54, 1.807) is 6.92 Å². The normalized spacial score (nSPS) is 16.6. The first-order valence-corrected chi connectivity index (χ1v) is 6.43. The van der Waals surface area contributed by atoms with Crippen molar-refractivity contribution >= 4 is 17.2 Å². The molecule has 1 amide bonds. The van der Waals surface area contributed by atoms with Gasteiger partial charge in [-0.05, 0) is 39.4 Å². The summed E-state index contributed by atoms with van der Waals surface area (Å²) in [5.74, 6) is -0.0770. The monoisotopic (exact) mass is 256 g/mol. The van der Waals surface area contributed by atoms with E-state index in [0.717, 1.165) is 4.88 Å². The number of amides is 1. The highest BCUT2D eigenvalue weighted by molar-refractivity contribution is 7.10. The standard InChI is InChI=1S/C12H20N2O2S/c1-9(14(3)4)11(15)13-8-12(2,16)10-6-5-7-17-10/h5-7,9,16H,8H2,1-4H3,(H,13,15)/t9-,12?/m0/s1. The van der Waals surface area contributed by atoms with Crippen LogP contribution in [0.5, 0.6) is 0 Å². The fraction of sp³-hybridized carbons (Fsp3) is 0.583. The van der Waals surface area contributed by atoms with E-state index in [1.165, 1.54) is 11.3 Å². The third kappa shape index (κ3) is 3.80. The van der Waals surface area contributed by atoms with Crippen LogP contribution in [0, 0.1) is 0 Å². The van der Waals surface area contributed by atoms with Crippen LogP contribution < -0.4 is 5.32 Å². The summed E-state index contributed by atoms with van der Waals surface area (Å²) >= 11 is 1.48. The molecule has 0 aromatic carbocycles. The highest BCUT2D eigenvalue weighted by Crippen LogP contribution is 2.24. The zero-order valence-corrected chi connectivity index (χ0v) is 11.5. The Bertz CT molecular complexity index is 361. The number of nitrogens with zero attached hydrogens (tertiary/aromatic N) is 1. The first-order valence-electron chi connectivity index (χ1n) is 5.55. The number of hydrogen-bond acceptors (Lipinski definition) is 4. The molecular weight excluding hydrogens is 236 g/mol. The average molecular weight is 256 g/mol. The van der Waals surface area contributed by atoms with E-state index in [4.69, 9.17) is 0 Å². The first-order chi connectivity index (χ1) is 7.84. The number of thiophene rings is 1. The van der Waals surface area contributed by atoms with Crippen LogP contribution in [0.25, 0.3) is 0 Å². The number of rotatable bonds is 5. The van der Waals surface area contributed by atoms with Crippen LogP contribution >= 0.6 is 11.3 Å². The maximum atomic E-state index is 11.7. The Labute approximate surface area is 106 Å². The van der Waals surface area contributed by atoms with E-state index in [1.807, 2.05) is 43.4 Å². The highest BCUT2D eigenvalue weighted by atomic mass is 32.1. The Morgan fingerprint density at radius 1 is 1.65 bits per heavy atom. The molecule has 1 heterocycles. The van der Waals surface area contributed by atoms with Crippen molar-refractivity contribution in [1.29, 1.82) is 0 Å². The third-order valence-corrected chi connectivity index (χ3v) is 3.94. The van der Waals surface area contributed by atoms with Gasteiger partial charge >= 0.3 is 0 Å². The Kier molecular flexibility index (Phi) is 4.68. The van der Waals surface area contributed by atoms with Gasteiger partial charge in [0.15, 0.2) is 0 Å². The maximum absolute atomic E-state index is 11.7. The summed E-state index contributed by atoms with van der Waals surface area (Å²) in [6, 6.07) is 3.56. The quantitative estimate of drug-likeness (QED) is 0.827. The van der Waals surface area contributed by atoms with Crippen molar-refractivity contribution in [2.75, 3.05) is 20.6 Å². The molecule has 17 heavy (non-hydrogen) atoms. The minimum absolute atomic E-state index is 0.0770. The van der Waals surface area contributed by atoms with Crippen LogP contribution in [0.15, 0.2) is 17.5 Å². The summed E-state index contributed by atoms with van der Waals surface area (Å²) in [4.78, 5) is 14.4. The predicted molar refractivity (Wildman–Crippen MR) is 70.0 cm³/mol. The van der Waals surface area contributed by atoms with Gasteiger partial charge in [0.25, 0.3) is 0 Å². The molecule has 0 radical (unpaired) electrons. The van der Waals surface area contributed by atoms with Crippen LogP contribution in [0.3, 0.4) is 0 Å². The fourth-order valence-corrected chi connectivity index (χ4v) is 2.10. The van der Waals surface area contributed by atoms with E-state index in [-0.39, 0.29) is 18.5 Å². The molecule has 1 rings (SSSR count). The fourth-order valence-electron chi connectivity index (χ4n) is 1.31. The lowest BCUT2D eigenvalue weighted by atomic mass is 10.1.